The standard InChI is InChI=1S/C4H2N2OS/c1-3-4(8-6-1)5-2-7-3/h1-2H. The van der Waals surface area contributed by atoms with Crippen LogP contribution in [0.1, 0.15) is 0 Å². The van der Waals surface area contributed by atoms with E-state index in [0.717, 1.165) is 10.4 Å². The third kappa shape index (κ3) is 0.376. The smallest absolute Gasteiger partial charge is 0.185 e. The van der Waals surface area contributed by atoms with E-state index in [1.165, 1.54) is 17.9 Å². The van der Waals surface area contributed by atoms with Crippen LogP contribution in [0.25, 0.3) is 10.4 Å². The van der Waals surface area contributed by atoms with Crippen molar-refractivity contribution in [3.8, 4) is 0 Å². The van der Waals surface area contributed by atoms with Gasteiger partial charge in [-0.3, -0.25) is 0 Å². The molecule has 2 aromatic rings. The highest BCUT2D eigenvalue weighted by molar-refractivity contribution is 7.12. The van der Waals surface area contributed by atoms with Crippen molar-refractivity contribution in [1.29, 1.82) is 0 Å². The fourth-order valence-corrected chi connectivity index (χ4v) is 1.05. The molecule has 0 amide bonds. The summed E-state index contributed by atoms with van der Waals surface area (Å²) in [6, 6.07) is 0. The summed E-state index contributed by atoms with van der Waals surface area (Å²) in [4.78, 5) is 4.73. The van der Waals surface area contributed by atoms with E-state index in [-0.39, 0.29) is 0 Å². The summed E-state index contributed by atoms with van der Waals surface area (Å²) in [5.41, 5.74) is 0.773. The molecule has 8 heavy (non-hydrogen) atoms. The van der Waals surface area contributed by atoms with Gasteiger partial charge in [-0.1, -0.05) is 0 Å². The van der Waals surface area contributed by atoms with E-state index in [9.17, 15) is 0 Å². The van der Waals surface area contributed by atoms with Gasteiger partial charge in [0.1, 0.15) is 0 Å². The van der Waals surface area contributed by atoms with Crippen molar-refractivity contribution >= 4 is 21.9 Å². The highest BCUT2D eigenvalue weighted by atomic mass is 32.1. The first kappa shape index (κ1) is 4.03. The maximum Gasteiger partial charge on any atom is 0.185 e. The topological polar surface area (TPSA) is 38.9 Å². The van der Waals surface area contributed by atoms with Gasteiger partial charge >= 0.3 is 0 Å². The lowest BCUT2D eigenvalue weighted by Gasteiger charge is -1.60. The van der Waals surface area contributed by atoms with Crippen LogP contribution in [0.4, 0.5) is 0 Å². The fourth-order valence-electron chi connectivity index (χ4n) is 0.523. The molecule has 0 aliphatic carbocycles. The number of hydrogen-bond acceptors (Lipinski definition) is 4. The Labute approximate surface area is 49.1 Å². The Morgan fingerprint density at radius 1 is 1.62 bits per heavy atom. The summed E-state index contributed by atoms with van der Waals surface area (Å²) in [6.45, 7) is 0. The summed E-state index contributed by atoms with van der Waals surface area (Å²) in [5, 5.41) is 0. The van der Waals surface area contributed by atoms with Crippen LogP contribution in [-0.2, 0) is 0 Å². The van der Waals surface area contributed by atoms with Crippen molar-refractivity contribution in [3.05, 3.63) is 12.6 Å². The largest absolute Gasteiger partial charge is 0.441 e. The summed E-state index contributed by atoms with van der Waals surface area (Å²) >= 11 is 1.34. The fraction of sp³-hybridized carbons (Fsp3) is 0. The summed E-state index contributed by atoms with van der Waals surface area (Å²) in [5.74, 6) is 0. The Morgan fingerprint density at radius 3 is 3.50 bits per heavy atom. The molecule has 0 aliphatic heterocycles. The first-order valence-corrected chi connectivity index (χ1v) is 2.88. The van der Waals surface area contributed by atoms with Crippen LogP contribution >= 0.6 is 11.5 Å². The first-order chi connectivity index (χ1) is 3.97. The lowest BCUT2D eigenvalue weighted by Crippen LogP contribution is -1.46. The van der Waals surface area contributed by atoms with Gasteiger partial charge in [0.2, 0.25) is 0 Å². The maximum atomic E-state index is 4.89. The molecular formula is C4H2N2OS. The van der Waals surface area contributed by atoms with Gasteiger partial charge in [0.15, 0.2) is 16.8 Å². The van der Waals surface area contributed by atoms with Crippen molar-refractivity contribution < 1.29 is 4.42 Å². The van der Waals surface area contributed by atoms with Crippen molar-refractivity contribution in [1.82, 2.24) is 9.36 Å². The first-order valence-electron chi connectivity index (χ1n) is 2.11. The number of nitrogens with zero attached hydrogens (tertiary/aromatic N) is 2. The van der Waals surface area contributed by atoms with E-state index in [0.29, 0.717) is 0 Å². The highest BCUT2D eigenvalue weighted by Crippen LogP contribution is 2.13. The second-order valence-electron chi connectivity index (χ2n) is 1.35. The molecule has 0 aromatic carbocycles. The lowest BCUT2D eigenvalue weighted by molar-refractivity contribution is 0.601. The van der Waals surface area contributed by atoms with Crippen LogP contribution < -0.4 is 0 Å². The predicted molar refractivity (Wildman–Crippen MR) is 29.7 cm³/mol. The molecular weight excluding hydrogens is 124 g/mol. The zero-order valence-electron chi connectivity index (χ0n) is 3.87. The van der Waals surface area contributed by atoms with E-state index >= 15 is 0 Å². The minimum atomic E-state index is 0.773. The van der Waals surface area contributed by atoms with E-state index < -0.39 is 0 Å². The molecule has 0 fully saturated rings. The summed E-state index contributed by atoms with van der Waals surface area (Å²) in [7, 11) is 0. The average Bonchev–Trinajstić information content (AvgIpc) is 2.15. The second-order valence-corrected chi connectivity index (χ2v) is 2.13. The van der Waals surface area contributed by atoms with E-state index in [1.54, 1.807) is 6.20 Å². The van der Waals surface area contributed by atoms with Crippen LogP contribution in [0.3, 0.4) is 0 Å². The van der Waals surface area contributed by atoms with E-state index in [4.69, 9.17) is 4.42 Å². The molecule has 3 nitrogen and oxygen atoms in total. The van der Waals surface area contributed by atoms with Gasteiger partial charge in [-0.05, 0) is 11.5 Å². The quantitative estimate of drug-likeness (QED) is 0.533. The van der Waals surface area contributed by atoms with Crippen LogP contribution in [-0.4, -0.2) is 9.36 Å². The molecule has 0 radical (unpaired) electrons. The molecule has 2 heterocycles. The summed E-state index contributed by atoms with van der Waals surface area (Å²) < 4.78 is 8.74. The van der Waals surface area contributed by atoms with Crippen LogP contribution in [0.15, 0.2) is 17.0 Å². The number of aromatic nitrogens is 2. The molecule has 40 valence electrons. The third-order valence-electron chi connectivity index (χ3n) is 0.870. The second kappa shape index (κ2) is 1.29. The molecule has 0 saturated heterocycles. The number of hydrogen-bond donors (Lipinski definition) is 0. The lowest BCUT2D eigenvalue weighted by atomic mass is 10.7. The molecule has 0 N–H and O–H groups in total. The normalized spacial score (nSPS) is 10.5. The van der Waals surface area contributed by atoms with Gasteiger partial charge in [0.05, 0.1) is 6.20 Å². The van der Waals surface area contributed by atoms with Gasteiger partial charge < -0.3 is 4.42 Å². The molecule has 0 aliphatic rings. The number of rotatable bonds is 0. The molecule has 0 spiro atoms. The maximum absolute atomic E-state index is 4.89. The van der Waals surface area contributed by atoms with Crippen molar-refractivity contribution in [2.75, 3.05) is 0 Å². The molecule has 0 unspecified atom stereocenters. The van der Waals surface area contributed by atoms with Gasteiger partial charge in [0.25, 0.3) is 0 Å². The Kier molecular flexibility index (Phi) is 0.648. The summed E-state index contributed by atoms with van der Waals surface area (Å²) in [6.07, 6.45) is 3.08. The van der Waals surface area contributed by atoms with Crippen molar-refractivity contribution in [2.45, 2.75) is 0 Å². The number of oxazole rings is 1. The molecule has 4 heteroatoms. The average molecular weight is 126 g/mol. The minimum absolute atomic E-state index is 0.773. The van der Waals surface area contributed by atoms with Gasteiger partial charge in [-0.15, -0.1) is 0 Å². The van der Waals surface area contributed by atoms with Gasteiger partial charge in [-0.25, -0.2) is 4.98 Å². The molecule has 0 saturated carbocycles. The Morgan fingerprint density at radius 2 is 2.62 bits per heavy atom. The molecule has 0 bridgehead atoms. The molecule has 0 atom stereocenters. The SMILES string of the molecule is c1nc2sncc2o1. The molecule has 2 rings (SSSR count). The number of fused-ring (bicyclic) bond motifs is 1. The van der Waals surface area contributed by atoms with Gasteiger partial charge in [-0.2, -0.15) is 4.37 Å². The minimum Gasteiger partial charge on any atom is -0.441 e. The Bertz CT molecular complexity index is 235. The molecule has 2 aromatic heterocycles. The van der Waals surface area contributed by atoms with E-state index in [2.05, 4.69) is 9.36 Å². The zero-order chi connectivity index (χ0) is 5.40. The Balaban J connectivity index is 3.06. The Hall–Kier alpha value is -0.900. The van der Waals surface area contributed by atoms with Crippen LogP contribution in [0.2, 0.25) is 0 Å². The van der Waals surface area contributed by atoms with Crippen LogP contribution in [0, 0.1) is 0 Å². The van der Waals surface area contributed by atoms with Crippen molar-refractivity contribution in [2.24, 2.45) is 0 Å². The zero-order valence-corrected chi connectivity index (χ0v) is 4.68. The third-order valence-corrected chi connectivity index (χ3v) is 1.56. The van der Waals surface area contributed by atoms with Crippen LogP contribution in [0.5, 0.6) is 0 Å². The highest BCUT2D eigenvalue weighted by Gasteiger charge is 1.96. The van der Waals surface area contributed by atoms with Crippen molar-refractivity contribution in [3.63, 3.8) is 0 Å². The van der Waals surface area contributed by atoms with E-state index in [1.807, 2.05) is 0 Å². The predicted octanol–water partition coefficient (Wildman–Crippen LogP) is 1.28. The van der Waals surface area contributed by atoms with Gasteiger partial charge in [0, 0.05) is 0 Å². The monoisotopic (exact) mass is 126 g/mol.